The first-order valence-corrected chi connectivity index (χ1v) is 14.5. The molecule has 186 valence electrons. The van der Waals surface area contributed by atoms with E-state index in [1.54, 1.807) is 5.57 Å². The van der Waals surface area contributed by atoms with E-state index in [1.165, 1.54) is 38.5 Å². The van der Waals surface area contributed by atoms with Crippen molar-refractivity contribution in [3.63, 3.8) is 0 Å². The first-order chi connectivity index (χ1) is 15.1. The van der Waals surface area contributed by atoms with Gasteiger partial charge in [-0.2, -0.15) is 0 Å². The van der Waals surface area contributed by atoms with Crippen LogP contribution in [0.3, 0.4) is 0 Å². The molecular formula is C30H46Cl2O. The topological polar surface area (TPSA) is 17.1 Å². The third-order valence-corrected chi connectivity index (χ3v) is 14.5. The van der Waals surface area contributed by atoms with Crippen LogP contribution in [0.1, 0.15) is 113 Å². The summed E-state index contributed by atoms with van der Waals surface area (Å²) >= 11 is 13.1. The van der Waals surface area contributed by atoms with Crippen LogP contribution < -0.4 is 0 Å². The molecule has 0 aromatic rings. The van der Waals surface area contributed by atoms with Crippen LogP contribution in [0, 0.1) is 50.2 Å². The highest BCUT2D eigenvalue weighted by Gasteiger charge is 2.68. The Balaban J connectivity index is 1.57. The third kappa shape index (κ3) is 3.06. The van der Waals surface area contributed by atoms with Crippen LogP contribution in [0.2, 0.25) is 0 Å². The van der Waals surface area contributed by atoms with Gasteiger partial charge >= 0.3 is 0 Å². The number of hydrogen-bond acceptors (Lipinski definition) is 1. The molecule has 4 saturated carbocycles. The average molecular weight is 494 g/mol. The Labute approximate surface area is 212 Å². The van der Waals surface area contributed by atoms with E-state index in [0.29, 0.717) is 33.5 Å². The summed E-state index contributed by atoms with van der Waals surface area (Å²) in [5.74, 6) is 1.92. The van der Waals surface area contributed by atoms with Gasteiger partial charge in [0.15, 0.2) is 0 Å². The number of carbonyl (C=O) groups excluding carboxylic acids is 1. The molecule has 0 radical (unpaired) electrons. The molecule has 0 amide bonds. The average Bonchev–Trinajstić information content (AvgIpc) is 2.73. The Morgan fingerprint density at radius 2 is 1.55 bits per heavy atom. The highest BCUT2D eigenvalue weighted by molar-refractivity contribution is 6.64. The quantitative estimate of drug-likeness (QED) is 0.202. The lowest BCUT2D eigenvalue weighted by Crippen LogP contribution is -2.64. The van der Waals surface area contributed by atoms with Gasteiger partial charge in [0.05, 0.1) is 0 Å². The van der Waals surface area contributed by atoms with Gasteiger partial charge in [-0.25, -0.2) is 0 Å². The lowest BCUT2D eigenvalue weighted by Gasteiger charge is -2.71. The summed E-state index contributed by atoms with van der Waals surface area (Å²) in [4.78, 5) is 12.5. The summed E-state index contributed by atoms with van der Waals surface area (Å²) in [7, 11) is 0. The van der Waals surface area contributed by atoms with Crippen LogP contribution in [-0.4, -0.2) is 10.6 Å². The number of halogens is 2. The normalized spacial score (nSPS) is 55.4. The van der Waals surface area contributed by atoms with Crippen LogP contribution in [-0.2, 0) is 4.79 Å². The highest BCUT2D eigenvalue weighted by Crippen LogP contribution is 2.75. The number of hydrogen-bond donors (Lipinski definition) is 0. The Hall–Kier alpha value is -0.0100. The molecule has 5 aliphatic rings. The van der Waals surface area contributed by atoms with Gasteiger partial charge in [-0.15, -0.1) is 11.6 Å². The summed E-state index contributed by atoms with van der Waals surface area (Å²) in [5.41, 5.74) is 2.76. The molecule has 5 aliphatic carbocycles. The van der Waals surface area contributed by atoms with Crippen molar-refractivity contribution in [2.45, 2.75) is 118 Å². The summed E-state index contributed by atoms with van der Waals surface area (Å²) in [6.07, 6.45) is 14.5. The van der Waals surface area contributed by atoms with Gasteiger partial charge in [-0.1, -0.05) is 60.1 Å². The lowest BCUT2D eigenvalue weighted by atomic mass is 9.34. The molecule has 0 spiro atoms. The molecule has 9 atom stereocenters. The van der Waals surface area contributed by atoms with Crippen molar-refractivity contribution in [2.75, 3.05) is 0 Å². The summed E-state index contributed by atoms with van der Waals surface area (Å²) in [5, 5.41) is 0.180. The zero-order valence-electron chi connectivity index (χ0n) is 22.1. The van der Waals surface area contributed by atoms with E-state index in [9.17, 15) is 4.79 Å². The van der Waals surface area contributed by atoms with E-state index >= 15 is 0 Å². The number of alkyl halides is 1. The van der Waals surface area contributed by atoms with Crippen molar-refractivity contribution in [3.8, 4) is 0 Å². The van der Waals surface area contributed by atoms with Crippen LogP contribution in [0.15, 0.2) is 11.6 Å². The monoisotopic (exact) mass is 492 g/mol. The molecule has 0 bridgehead atoms. The van der Waals surface area contributed by atoms with Crippen molar-refractivity contribution in [1.82, 2.24) is 0 Å². The van der Waals surface area contributed by atoms with Gasteiger partial charge in [0.25, 0.3) is 0 Å². The van der Waals surface area contributed by atoms with Gasteiger partial charge in [0, 0.05) is 10.8 Å². The predicted molar refractivity (Wildman–Crippen MR) is 140 cm³/mol. The van der Waals surface area contributed by atoms with Crippen LogP contribution in [0.5, 0.6) is 0 Å². The maximum Gasteiger partial charge on any atom is 0.227 e. The molecule has 3 unspecified atom stereocenters. The van der Waals surface area contributed by atoms with Gasteiger partial charge in [-0.05, 0) is 121 Å². The molecule has 0 aromatic carbocycles. The summed E-state index contributed by atoms with van der Waals surface area (Å²) in [6.45, 7) is 17.4. The van der Waals surface area contributed by atoms with E-state index in [4.69, 9.17) is 23.2 Å². The van der Waals surface area contributed by atoms with Gasteiger partial charge in [-0.3, -0.25) is 4.79 Å². The molecule has 0 aromatic heterocycles. The second-order valence-electron chi connectivity index (χ2n) is 14.9. The van der Waals surface area contributed by atoms with Crippen LogP contribution in [0.4, 0.5) is 0 Å². The SMILES string of the molecule is CC1(C)C2CC[C@]3(C)C(CC=C4C5C[C@@](C)(C(=O)Cl)CC[C@]5(C)CC[C@]43C)[C@@]2(C)CC[C@@H]1Cl. The molecule has 3 heteroatoms. The van der Waals surface area contributed by atoms with Crippen molar-refractivity contribution < 1.29 is 4.79 Å². The zero-order valence-corrected chi connectivity index (χ0v) is 23.6. The minimum Gasteiger partial charge on any atom is -0.281 e. The first kappa shape index (κ1) is 24.7. The molecule has 1 nitrogen and oxygen atoms in total. The molecule has 0 N–H and O–H groups in total. The number of fused-ring (bicyclic) bond motifs is 7. The fourth-order valence-corrected chi connectivity index (χ4v) is 10.9. The molecule has 4 fully saturated rings. The molecular weight excluding hydrogens is 447 g/mol. The molecule has 0 aliphatic heterocycles. The fraction of sp³-hybridized carbons (Fsp3) is 0.900. The van der Waals surface area contributed by atoms with E-state index in [-0.39, 0.29) is 21.5 Å². The molecule has 33 heavy (non-hydrogen) atoms. The van der Waals surface area contributed by atoms with Crippen LogP contribution in [0.25, 0.3) is 0 Å². The smallest absolute Gasteiger partial charge is 0.227 e. The van der Waals surface area contributed by atoms with Gasteiger partial charge in [0.1, 0.15) is 0 Å². The molecule has 0 saturated heterocycles. The highest BCUT2D eigenvalue weighted by atomic mass is 35.5. The maximum atomic E-state index is 12.5. The summed E-state index contributed by atoms with van der Waals surface area (Å²) < 4.78 is 0. The Morgan fingerprint density at radius 3 is 2.21 bits per heavy atom. The number of allylic oxidation sites excluding steroid dienone is 2. The standard InChI is InChI=1S/C30H46Cl2O/c1-25(2)21-10-13-30(7)22(28(21,5)12-11-23(25)31)9-8-19-20-18-27(4,24(32)33)15-14-26(20,3)16-17-29(19,30)6/h8,20-23H,9-18H2,1-7H3/t20?,21?,22?,23-,26+,27-,28-,29+,30+/m0/s1. The predicted octanol–water partition coefficient (Wildman–Crippen LogP) is 9.16. The summed E-state index contributed by atoms with van der Waals surface area (Å²) in [6, 6.07) is 0. The Kier molecular flexibility index (Phi) is 5.44. The number of rotatable bonds is 1. The van der Waals surface area contributed by atoms with Crippen LogP contribution >= 0.6 is 23.2 Å². The number of carbonyl (C=O) groups is 1. The largest absolute Gasteiger partial charge is 0.281 e. The first-order valence-electron chi connectivity index (χ1n) is 13.7. The van der Waals surface area contributed by atoms with E-state index < -0.39 is 0 Å². The molecule has 5 rings (SSSR count). The Bertz CT molecular complexity index is 892. The van der Waals surface area contributed by atoms with E-state index in [1.807, 2.05) is 0 Å². The zero-order chi connectivity index (χ0) is 24.2. The second kappa shape index (κ2) is 7.27. The van der Waals surface area contributed by atoms with Gasteiger partial charge in [0.2, 0.25) is 5.24 Å². The Morgan fingerprint density at radius 1 is 0.879 bits per heavy atom. The van der Waals surface area contributed by atoms with Crippen molar-refractivity contribution in [1.29, 1.82) is 0 Å². The fourth-order valence-electron chi connectivity index (χ4n) is 10.5. The third-order valence-electron chi connectivity index (χ3n) is 13.2. The minimum atomic E-state index is -0.366. The van der Waals surface area contributed by atoms with Crippen molar-refractivity contribution in [3.05, 3.63) is 11.6 Å². The van der Waals surface area contributed by atoms with E-state index in [0.717, 1.165) is 31.6 Å². The van der Waals surface area contributed by atoms with Gasteiger partial charge < -0.3 is 0 Å². The van der Waals surface area contributed by atoms with Crippen molar-refractivity contribution in [2.24, 2.45) is 50.2 Å². The molecule has 0 heterocycles. The van der Waals surface area contributed by atoms with E-state index in [2.05, 4.69) is 54.5 Å². The minimum absolute atomic E-state index is 0.120. The second-order valence-corrected chi connectivity index (χ2v) is 15.7. The lowest BCUT2D eigenvalue weighted by molar-refractivity contribution is -0.178. The maximum absolute atomic E-state index is 12.5. The van der Waals surface area contributed by atoms with Crippen molar-refractivity contribution >= 4 is 28.4 Å².